The summed E-state index contributed by atoms with van der Waals surface area (Å²) in [5.41, 5.74) is 3.06. The molecule has 0 bridgehead atoms. The molecule has 0 radical (unpaired) electrons. The van der Waals surface area contributed by atoms with Crippen molar-refractivity contribution in [1.29, 1.82) is 5.41 Å². The normalized spacial score (nSPS) is 15.6. The van der Waals surface area contributed by atoms with Gasteiger partial charge in [0.05, 0.1) is 5.56 Å². The third-order valence-corrected chi connectivity index (χ3v) is 4.36. The van der Waals surface area contributed by atoms with E-state index in [1.807, 2.05) is 0 Å². The Morgan fingerprint density at radius 1 is 1.35 bits per heavy atom. The van der Waals surface area contributed by atoms with Crippen LogP contribution in [0.3, 0.4) is 0 Å². The van der Waals surface area contributed by atoms with Gasteiger partial charge in [-0.1, -0.05) is 6.58 Å². The van der Waals surface area contributed by atoms with Crippen LogP contribution in [-0.4, -0.2) is 36.3 Å². The summed E-state index contributed by atoms with van der Waals surface area (Å²) in [5, 5.41) is 16.7. The number of anilines is 1. The summed E-state index contributed by atoms with van der Waals surface area (Å²) in [6.07, 6.45) is 4.37. The molecule has 2 aliphatic rings. The molecule has 0 unspecified atom stereocenters. The van der Waals surface area contributed by atoms with Crippen LogP contribution in [0, 0.1) is 5.41 Å². The molecule has 0 spiro atoms. The van der Waals surface area contributed by atoms with Crippen LogP contribution in [-0.2, 0) is 17.6 Å². The van der Waals surface area contributed by atoms with Gasteiger partial charge in [-0.25, -0.2) is 4.79 Å². The molecule has 120 valence electrons. The van der Waals surface area contributed by atoms with Crippen molar-refractivity contribution in [2.75, 3.05) is 18.0 Å². The Labute approximate surface area is 133 Å². The highest BCUT2D eigenvalue weighted by Crippen LogP contribution is 2.42. The van der Waals surface area contributed by atoms with E-state index in [9.17, 15) is 9.59 Å². The van der Waals surface area contributed by atoms with Crippen molar-refractivity contribution in [2.45, 2.75) is 25.7 Å². The number of aliphatic carboxylic acids is 1. The first-order valence-electron chi connectivity index (χ1n) is 7.60. The minimum atomic E-state index is -1.31. The predicted molar refractivity (Wildman–Crippen MR) is 85.8 cm³/mol. The molecule has 2 heterocycles. The van der Waals surface area contributed by atoms with Crippen molar-refractivity contribution in [3.8, 4) is 5.75 Å². The standard InChI is InChI=1S/C17H18N2O4/c1-10(17(21)22)16(18)23-15-12(9-20)8-11-4-2-6-19-7-3-5-13(15)14(11)19/h8-9,18H,1-7H2,(H,21,22). The SMILES string of the molecule is C=C(C(=N)Oc1c(C=O)cc2c3c1CCCN3CCC2)C(=O)O. The second kappa shape index (κ2) is 5.87. The van der Waals surface area contributed by atoms with E-state index in [0.29, 0.717) is 17.6 Å². The number of carboxylic acids is 1. The Balaban J connectivity index is 2.07. The molecule has 0 fully saturated rings. The first-order chi connectivity index (χ1) is 11.0. The van der Waals surface area contributed by atoms with Gasteiger partial charge < -0.3 is 14.7 Å². The van der Waals surface area contributed by atoms with Crippen LogP contribution in [0.4, 0.5) is 5.69 Å². The molecule has 2 N–H and O–H groups in total. The minimum absolute atomic E-state index is 0.303. The van der Waals surface area contributed by atoms with Gasteiger partial charge in [-0.15, -0.1) is 0 Å². The molecule has 6 nitrogen and oxygen atoms in total. The van der Waals surface area contributed by atoms with Gasteiger partial charge in [0.25, 0.3) is 0 Å². The van der Waals surface area contributed by atoms with Crippen molar-refractivity contribution in [3.05, 3.63) is 34.9 Å². The van der Waals surface area contributed by atoms with Gasteiger partial charge in [0.15, 0.2) is 6.29 Å². The maximum atomic E-state index is 11.5. The largest absolute Gasteiger partial charge is 0.478 e. The molecular formula is C17H18N2O4. The summed E-state index contributed by atoms with van der Waals surface area (Å²) in [6.45, 7) is 5.27. The number of rotatable bonds is 4. The first kappa shape index (κ1) is 15.3. The third-order valence-electron chi connectivity index (χ3n) is 4.36. The molecule has 2 aliphatic heterocycles. The van der Waals surface area contributed by atoms with E-state index < -0.39 is 17.4 Å². The van der Waals surface area contributed by atoms with Crippen LogP contribution in [0.25, 0.3) is 0 Å². The number of nitrogens with one attached hydrogen (secondary N) is 1. The summed E-state index contributed by atoms with van der Waals surface area (Å²) in [7, 11) is 0. The number of nitrogens with zero attached hydrogens (tertiary/aromatic N) is 1. The predicted octanol–water partition coefficient (Wildman–Crippen LogP) is 2.19. The summed E-state index contributed by atoms with van der Waals surface area (Å²) in [6, 6.07) is 1.80. The zero-order valence-electron chi connectivity index (χ0n) is 12.7. The summed E-state index contributed by atoms with van der Waals surface area (Å²) in [4.78, 5) is 24.7. The van der Waals surface area contributed by atoms with E-state index in [4.69, 9.17) is 15.3 Å². The highest BCUT2D eigenvalue weighted by Gasteiger charge is 2.29. The first-order valence-corrected chi connectivity index (χ1v) is 7.60. The lowest BCUT2D eigenvalue weighted by atomic mass is 9.89. The fraction of sp³-hybridized carbons (Fsp3) is 0.353. The van der Waals surface area contributed by atoms with Gasteiger partial charge in [-0.2, -0.15) is 0 Å². The summed E-state index contributed by atoms with van der Waals surface area (Å²) >= 11 is 0. The van der Waals surface area contributed by atoms with E-state index in [1.165, 1.54) is 0 Å². The van der Waals surface area contributed by atoms with E-state index in [1.54, 1.807) is 6.07 Å². The van der Waals surface area contributed by atoms with Gasteiger partial charge in [-0.05, 0) is 37.3 Å². The Hall–Kier alpha value is -2.63. The Bertz CT molecular complexity index is 722. The van der Waals surface area contributed by atoms with Crippen molar-refractivity contribution in [3.63, 3.8) is 0 Å². The Kier molecular flexibility index (Phi) is 3.90. The zero-order valence-corrected chi connectivity index (χ0v) is 12.7. The van der Waals surface area contributed by atoms with Crippen molar-refractivity contribution < 1.29 is 19.4 Å². The highest BCUT2D eigenvalue weighted by molar-refractivity contribution is 6.14. The van der Waals surface area contributed by atoms with Crippen LogP contribution in [0.2, 0.25) is 0 Å². The molecule has 0 aromatic heterocycles. The number of hydrogen-bond donors (Lipinski definition) is 2. The third kappa shape index (κ3) is 2.60. The van der Waals surface area contributed by atoms with Gasteiger partial charge >= 0.3 is 5.97 Å². The lowest BCUT2D eigenvalue weighted by Gasteiger charge is -2.37. The number of carbonyl (C=O) groups excluding carboxylic acids is 1. The molecule has 0 saturated heterocycles. The molecule has 1 aromatic rings. The van der Waals surface area contributed by atoms with Gasteiger partial charge in [0.2, 0.25) is 5.90 Å². The monoisotopic (exact) mass is 314 g/mol. The number of carbonyl (C=O) groups is 2. The van der Waals surface area contributed by atoms with Gasteiger partial charge in [0, 0.05) is 24.3 Å². The molecule has 1 aromatic carbocycles. The average molecular weight is 314 g/mol. The molecule has 0 atom stereocenters. The van der Waals surface area contributed by atoms with E-state index >= 15 is 0 Å². The molecule has 3 rings (SSSR count). The van der Waals surface area contributed by atoms with Crippen LogP contribution in [0.1, 0.15) is 34.3 Å². The summed E-state index contributed by atoms with van der Waals surface area (Å²) in [5.74, 6) is -1.54. The van der Waals surface area contributed by atoms with Crippen LogP contribution in [0.5, 0.6) is 5.75 Å². The maximum Gasteiger partial charge on any atom is 0.340 e. The van der Waals surface area contributed by atoms with Crippen LogP contribution >= 0.6 is 0 Å². The topological polar surface area (TPSA) is 90.7 Å². The number of aryl methyl sites for hydroxylation is 1. The maximum absolute atomic E-state index is 11.5. The number of aldehydes is 1. The molecule has 0 amide bonds. The zero-order chi connectivity index (χ0) is 16.6. The number of benzene rings is 1. The second-order valence-corrected chi connectivity index (χ2v) is 5.81. The molecular weight excluding hydrogens is 296 g/mol. The quantitative estimate of drug-likeness (QED) is 0.385. The number of ether oxygens (including phenoxy) is 1. The Morgan fingerprint density at radius 2 is 2.04 bits per heavy atom. The average Bonchev–Trinajstić information content (AvgIpc) is 2.56. The van der Waals surface area contributed by atoms with E-state index in [2.05, 4.69) is 11.5 Å². The number of carboxylic acid groups (broad SMARTS) is 1. The highest BCUT2D eigenvalue weighted by atomic mass is 16.5. The van der Waals surface area contributed by atoms with E-state index in [-0.39, 0.29) is 0 Å². The van der Waals surface area contributed by atoms with Crippen molar-refractivity contribution in [1.82, 2.24) is 0 Å². The van der Waals surface area contributed by atoms with Crippen molar-refractivity contribution >= 4 is 23.8 Å². The molecule has 6 heteroatoms. The van der Waals surface area contributed by atoms with E-state index in [0.717, 1.165) is 55.6 Å². The lowest BCUT2D eigenvalue weighted by molar-refractivity contribution is -0.132. The Morgan fingerprint density at radius 3 is 2.70 bits per heavy atom. The van der Waals surface area contributed by atoms with Crippen molar-refractivity contribution in [2.24, 2.45) is 0 Å². The lowest BCUT2D eigenvalue weighted by Crippen LogP contribution is -2.35. The molecule has 0 aliphatic carbocycles. The van der Waals surface area contributed by atoms with Crippen LogP contribution in [0.15, 0.2) is 18.2 Å². The molecule has 23 heavy (non-hydrogen) atoms. The van der Waals surface area contributed by atoms with Crippen LogP contribution < -0.4 is 9.64 Å². The fourth-order valence-electron chi connectivity index (χ4n) is 3.32. The summed E-state index contributed by atoms with van der Waals surface area (Å²) < 4.78 is 5.47. The fourth-order valence-corrected chi connectivity index (χ4v) is 3.32. The molecule has 0 saturated carbocycles. The number of hydrogen-bond acceptors (Lipinski definition) is 5. The smallest absolute Gasteiger partial charge is 0.340 e. The second-order valence-electron chi connectivity index (χ2n) is 5.81. The van der Waals surface area contributed by atoms with Gasteiger partial charge in [0.1, 0.15) is 11.3 Å². The van der Waals surface area contributed by atoms with Gasteiger partial charge in [-0.3, -0.25) is 10.2 Å². The minimum Gasteiger partial charge on any atom is -0.478 e.